The van der Waals surface area contributed by atoms with Crippen LogP contribution in [0.25, 0.3) is 0 Å². The number of ether oxygens (including phenoxy) is 2. The normalized spacial score (nSPS) is 21.3. The quantitative estimate of drug-likeness (QED) is 0.216. The molecule has 0 spiro atoms. The number of benzene rings is 2. The van der Waals surface area contributed by atoms with Gasteiger partial charge in [0.1, 0.15) is 12.4 Å². The summed E-state index contributed by atoms with van der Waals surface area (Å²) in [5, 5.41) is 10.4. The molecule has 0 aromatic heterocycles. The van der Waals surface area contributed by atoms with Crippen LogP contribution in [0.4, 0.5) is 0 Å². The van der Waals surface area contributed by atoms with Gasteiger partial charge in [-0.2, -0.15) is 0 Å². The van der Waals surface area contributed by atoms with Gasteiger partial charge in [-0.1, -0.05) is 68.7 Å². The topological polar surface area (TPSA) is 72.8 Å². The van der Waals surface area contributed by atoms with E-state index in [9.17, 15) is 14.7 Å². The number of esters is 1. The van der Waals surface area contributed by atoms with E-state index in [1.54, 1.807) is 0 Å². The molecule has 2 aliphatic rings. The molecule has 5 nitrogen and oxygen atoms in total. The highest BCUT2D eigenvalue weighted by molar-refractivity contribution is 6.34. The van der Waals surface area contributed by atoms with Crippen molar-refractivity contribution in [2.75, 3.05) is 6.61 Å². The number of fused-ring (bicyclic) bond motifs is 2. The second kappa shape index (κ2) is 13.0. The van der Waals surface area contributed by atoms with Gasteiger partial charge in [-0.3, -0.25) is 4.79 Å². The van der Waals surface area contributed by atoms with Crippen molar-refractivity contribution >= 4 is 11.8 Å². The fraction of sp³-hybridized carbons (Fsp3) is 0.548. The van der Waals surface area contributed by atoms with E-state index in [4.69, 9.17) is 9.47 Å². The van der Waals surface area contributed by atoms with Crippen molar-refractivity contribution < 1.29 is 24.2 Å². The predicted molar refractivity (Wildman–Crippen MR) is 140 cm³/mol. The van der Waals surface area contributed by atoms with E-state index in [0.717, 1.165) is 44.1 Å². The predicted octanol–water partition coefficient (Wildman–Crippen LogP) is 5.84. The summed E-state index contributed by atoms with van der Waals surface area (Å²) in [6.07, 6.45) is 10.7. The van der Waals surface area contributed by atoms with Crippen LogP contribution in [-0.2, 0) is 33.8 Å². The molecular weight excluding hydrogens is 452 g/mol. The van der Waals surface area contributed by atoms with Crippen molar-refractivity contribution in [3.8, 4) is 5.75 Å². The van der Waals surface area contributed by atoms with E-state index in [0.29, 0.717) is 23.5 Å². The van der Waals surface area contributed by atoms with E-state index in [1.807, 2.05) is 42.5 Å². The molecule has 2 aromatic carbocycles. The number of aliphatic hydroxyl groups excluding tert-OH is 1. The first-order valence-corrected chi connectivity index (χ1v) is 13.7. The van der Waals surface area contributed by atoms with E-state index in [-0.39, 0.29) is 19.3 Å². The molecule has 0 radical (unpaired) electrons. The van der Waals surface area contributed by atoms with Crippen molar-refractivity contribution in [3.05, 3.63) is 65.2 Å². The summed E-state index contributed by atoms with van der Waals surface area (Å²) < 4.78 is 11.0. The Balaban J connectivity index is 1.28. The van der Waals surface area contributed by atoms with Crippen LogP contribution in [0.2, 0.25) is 0 Å². The molecule has 1 N–H and O–H groups in total. The lowest BCUT2D eigenvalue weighted by atomic mass is 9.73. The maximum atomic E-state index is 12.3. The van der Waals surface area contributed by atoms with Gasteiger partial charge in [-0.15, -0.1) is 0 Å². The molecule has 5 heteroatoms. The standard InChI is InChI=1S/C31H40O5/c1-2-3-5-12-26(32)17-16-23-14-15-25-19-28-24(18-27(23)25)11-8-13-30(28)35-21-29(33)31(34)36-20-22-9-6-4-7-10-22/h4,6-11,13,23,25-27,32H,2-3,5,12,14-21H2,1H3/t23-,25-,26+,27-/m1/s1. The number of ketones is 1. The third-order valence-electron chi connectivity index (χ3n) is 8.08. The largest absolute Gasteiger partial charge is 0.485 e. The zero-order chi connectivity index (χ0) is 25.3. The Kier molecular flexibility index (Phi) is 9.57. The molecule has 0 amide bonds. The van der Waals surface area contributed by atoms with Crippen LogP contribution in [-0.4, -0.2) is 29.6 Å². The molecule has 194 valence electrons. The van der Waals surface area contributed by atoms with Crippen molar-refractivity contribution in [1.29, 1.82) is 0 Å². The number of hydrogen-bond acceptors (Lipinski definition) is 5. The molecule has 0 aliphatic heterocycles. The third-order valence-corrected chi connectivity index (χ3v) is 8.08. The molecule has 4 rings (SSSR count). The Morgan fingerprint density at radius 1 is 1.00 bits per heavy atom. The third kappa shape index (κ3) is 6.97. The van der Waals surface area contributed by atoms with E-state index < -0.39 is 11.8 Å². The summed E-state index contributed by atoms with van der Waals surface area (Å²) >= 11 is 0. The first-order valence-electron chi connectivity index (χ1n) is 13.7. The number of unbranched alkanes of at least 4 members (excludes halogenated alkanes) is 2. The van der Waals surface area contributed by atoms with Crippen molar-refractivity contribution in [2.24, 2.45) is 17.8 Å². The van der Waals surface area contributed by atoms with Crippen LogP contribution >= 0.6 is 0 Å². The minimum absolute atomic E-state index is 0.0755. The zero-order valence-electron chi connectivity index (χ0n) is 21.5. The molecule has 0 unspecified atom stereocenters. The maximum Gasteiger partial charge on any atom is 0.378 e. The molecule has 1 saturated carbocycles. The SMILES string of the molecule is CCCCC[C@H](O)CC[C@H]1CC[C@@H]2Cc3c(cccc3OCC(=O)C(=O)OCc3ccccc3)C[C@H]12. The highest BCUT2D eigenvalue weighted by atomic mass is 16.5. The number of Topliss-reactive ketones (excluding diaryl/α,β-unsaturated/α-hetero) is 1. The van der Waals surface area contributed by atoms with Gasteiger partial charge < -0.3 is 14.6 Å². The Hall–Kier alpha value is -2.66. The minimum Gasteiger partial charge on any atom is -0.485 e. The number of rotatable bonds is 13. The Morgan fingerprint density at radius 3 is 2.64 bits per heavy atom. The molecule has 0 heterocycles. The molecule has 0 saturated heterocycles. The van der Waals surface area contributed by atoms with E-state index in [1.165, 1.54) is 36.8 Å². The van der Waals surface area contributed by atoms with Gasteiger partial charge in [-0.25, -0.2) is 4.79 Å². The molecule has 0 bridgehead atoms. The smallest absolute Gasteiger partial charge is 0.378 e. The van der Waals surface area contributed by atoms with Gasteiger partial charge in [0, 0.05) is 0 Å². The van der Waals surface area contributed by atoms with Gasteiger partial charge in [-0.05, 0) is 85.5 Å². The number of carbonyl (C=O) groups is 2. The highest BCUT2D eigenvalue weighted by Gasteiger charge is 2.39. The highest BCUT2D eigenvalue weighted by Crippen LogP contribution is 2.48. The number of hydrogen-bond donors (Lipinski definition) is 1. The monoisotopic (exact) mass is 492 g/mol. The van der Waals surface area contributed by atoms with Gasteiger partial charge in [0.25, 0.3) is 5.78 Å². The van der Waals surface area contributed by atoms with Crippen LogP contribution in [0.1, 0.15) is 75.0 Å². The van der Waals surface area contributed by atoms with Crippen molar-refractivity contribution in [3.63, 3.8) is 0 Å². The number of carbonyl (C=O) groups excluding carboxylic acids is 2. The van der Waals surface area contributed by atoms with E-state index in [2.05, 4.69) is 13.0 Å². The fourth-order valence-corrected chi connectivity index (χ4v) is 6.06. The lowest BCUT2D eigenvalue weighted by Crippen LogP contribution is -2.27. The summed E-state index contributed by atoms with van der Waals surface area (Å²) in [6, 6.07) is 15.4. The molecule has 4 atom stereocenters. The summed E-state index contributed by atoms with van der Waals surface area (Å²) in [4.78, 5) is 24.4. The van der Waals surface area contributed by atoms with Gasteiger partial charge >= 0.3 is 5.97 Å². The van der Waals surface area contributed by atoms with E-state index >= 15 is 0 Å². The van der Waals surface area contributed by atoms with Gasteiger partial charge in [0.2, 0.25) is 0 Å². The first-order chi connectivity index (χ1) is 17.5. The average Bonchev–Trinajstić information content (AvgIpc) is 3.30. The van der Waals surface area contributed by atoms with Gasteiger partial charge in [0.15, 0.2) is 6.61 Å². The number of aliphatic hydroxyl groups is 1. The second-order valence-electron chi connectivity index (χ2n) is 10.6. The lowest BCUT2D eigenvalue weighted by Gasteiger charge is -2.32. The molecule has 2 aliphatic carbocycles. The fourth-order valence-electron chi connectivity index (χ4n) is 6.06. The zero-order valence-corrected chi connectivity index (χ0v) is 21.5. The lowest BCUT2D eigenvalue weighted by molar-refractivity contribution is -0.155. The average molecular weight is 493 g/mol. The van der Waals surface area contributed by atoms with Crippen LogP contribution in [0.5, 0.6) is 5.75 Å². The Bertz CT molecular complexity index is 1000. The minimum atomic E-state index is -0.862. The summed E-state index contributed by atoms with van der Waals surface area (Å²) in [5.41, 5.74) is 3.32. The molecular formula is C31H40O5. The summed E-state index contributed by atoms with van der Waals surface area (Å²) in [5.74, 6) is 1.13. The second-order valence-corrected chi connectivity index (χ2v) is 10.6. The maximum absolute atomic E-state index is 12.3. The van der Waals surface area contributed by atoms with Crippen molar-refractivity contribution in [2.45, 2.75) is 83.8 Å². The molecule has 2 aromatic rings. The molecule has 1 fully saturated rings. The summed E-state index contributed by atoms with van der Waals surface area (Å²) in [7, 11) is 0. The first kappa shape index (κ1) is 26.4. The van der Waals surface area contributed by atoms with Gasteiger partial charge in [0.05, 0.1) is 6.10 Å². The molecule has 36 heavy (non-hydrogen) atoms. The van der Waals surface area contributed by atoms with Crippen molar-refractivity contribution in [1.82, 2.24) is 0 Å². The van der Waals surface area contributed by atoms with Crippen LogP contribution in [0.15, 0.2) is 48.5 Å². The van der Waals surface area contributed by atoms with Crippen LogP contribution in [0, 0.1) is 17.8 Å². The van der Waals surface area contributed by atoms with Crippen LogP contribution in [0.3, 0.4) is 0 Å². The Labute approximate surface area is 215 Å². The Morgan fingerprint density at radius 2 is 1.83 bits per heavy atom. The van der Waals surface area contributed by atoms with Crippen LogP contribution < -0.4 is 4.74 Å². The summed E-state index contributed by atoms with van der Waals surface area (Å²) in [6.45, 7) is 1.96.